The van der Waals surface area contributed by atoms with E-state index in [2.05, 4.69) is 55.6 Å². The summed E-state index contributed by atoms with van der Waals surface area (Å²) in [6, 6.07) is 17.0. The lowest BCUT2D eigenvalue weighted by Gasteiger charge is -2.16. The van der Waals surface area contributed by atoms with Gasteiger partial charge in [0, 0.05) is 12.6 Å². The third-order valence-corrected chi connectivity index (χ3v) is 3.43. The predicted octanol–water partition coefficient (Wildman–Crippen LogP) is 3.85. The molecule has 2 aromatic carbocycles. The van der Waals surface area contributed by atoms with Crippen LogP contribution in [0.25, 0.3) is 0 Å². The second-order valence-electron chi connectivity index (χ2n) is 4.81. The second kappa shape index (κ2) is 6.39. The molecule has 2 rings (SSSR count). The largest absolute Gasteiger partial charge is 0.497 e. The first kappa shape index (κ1) is 13.6. The molecule has 0 heterocycles. The van der Waals surface area contributed by atoms with Crippen molar-refractivity contribution < 1.29 is 4.74 Å². The van der Waals surface area contributed by atoms with Crippen molar-refractivity contribution in [1.82, 2.24) is 5.32 Å². The molecule has 0 fully saturated rings. The lowest BCUT2D eigenvalue weighted by Crippen LogP contribution is -2.18. The number of hydrogen-bond donors (Lipinski definition) is 1. The topological polar surface area (TPSA) is 21.3 Å². The number of rotatable bonds is 5. The molecule has 0 bridgehead atoms. The third kappa shape index (κ3) is 3.58. The first-order chi connectivity index (χ1) is 9.20. The lowest BCUT2D eigenvalue weighted by molar-refractivity contribution is 0.414. The number of ether oxygens (including phenoxy) is 1. The van der Waals surface area contributed by atoms with Crippen molar-refractivity contribution in [2.24, 2.45) is 0 Å². The Morgan fingerprint density at radius 3 is 2.37 bits per heavy atom. The first-order valence-electron chi connectivity index (χ1n) is 6.62. The Balaban J connectivity index is 1.96. The molecule has 1 atom stereocenters. The molecule has 0 aromatic heterocycles. The maximum Gasteiger partial charge on any atom is 0.118 e. The average molecular weight is 255 g/mol. The van der Waals surface area contributed by atoms with E-state index < -0.39 is 0 Å². The van der Waals surface area contributed by atoms with Crippen molar-refractivity contribution in [3.63, 3.8) is 0 Å². The van der Waals surface area contributed by atoms with Crippen LogP contribution < -0.4 is 10.1 Å². The van der Waals surface area contributed by atoms with Gasteiger partial charge in [-0.1, -0.05) is 36.4 Å². The van der Waals surface area contributed by atoms with Crippen LogP contribution in [0.15, 0.2) is 48.5 Å². The number of nitrogens with one attached hydrogen (secondary N) is 1. The van der Waals surface area contributed by atoms with Crippen LogP contribution in [-0.2, 0) is 6.54 Å². The van der Waals surface area contributed by atoms with Crippen LogP contribution in [-0.4, -0.2) is 7.11 Å². The normalized spacial score (nSPS) is 12.2. The van der Waals surface area contributed by atoms with Crippen molar-refractivity contribution in [2.75, 3.05) is 7.11 Å². The van der Waals surface area contributed by atoms with Crippen LogP contribution in [0.2, 0.25) is 0 Å². The Kier molecular flexibility index (Phi) is 4.58. The Labute approximate surface area is 115 Å². The van der Waals surface area contributed by atoms with Gasteiger partial charge in [-0.15, -0.1) is 0 Å². The van der Waals surface area contributed by atoms with E-state index in [1.165, 1.54) is 16.7 Å². The van der Waals surface area contributed by atoms with E-state index in [1.54, 1.807) is 7.11 Å². The Hall–Kier alpha value is -1.80. The molecule has 19 heavy (non-hydrogen) atoms. The van der Waals surface area contributed by atoms with Crippen molar-refractivity contribution in [3.8, 4) is 5.75 Å². The van der Waals surface area contributed by atoms with Crippen LogP contribution in [0.5, 0.6) is 5.75 Å². The summed E-state index contributed by atoms with van der Waals surface area (Å²) < 4.78 is 5.16. The molecule has 0 spiro atoms. The third-order valence-electron chi connectivity index (χ3n) is 3.43. The van der Waals surface area contributed by atoms with Gasteiger partial charge in [-0.05, 0) is 42.7 Å². The highest BCUT2D eigenvalue weighted by atomic mass is 16.5. The molecule has 2 heteroatoms. The van der Waals surface area contributed by atoms with Crippen LogP contribution in [0.1, 0.15) is 29.7 Å². The SMILES string of the molecule is COc1ccc(CN[C@H](C)c2ccccc2C)cc1. The summed E-state index contributed by atoms with van der Waals surface area (Å²) in [5.74, 6) is 0.899. The zero-order valence-corrected chi connectivity index (χ0v) is 11.8. The quantitative estimate of drug-likeness (QED) is 0.876. The minimum atomic E-state index is 0.350. The first-order valence-corrected chi connectivity index (χ1v) is 6.62. The van der Waals surface area contributed by atoms with Crippen molar-refractivity contribution >= 4 is 0 Å². The van der Waals surface area contributed by atoms with Crippen LogP contribution >= 0.6 is 0 Å². The highest BCUT2D eigenvalue weighted by Crippen LogP contribution is 2.18. The van der Waals surface area contributed by atoms with E-state index in [-0.39, 0.29) is 0 Å². The van der Waals surface area contributed by atoms with Crippen LogP contribution in [0, 0.1) is 6.92 Å². The molecule has 0 saturated heterocycles. The van der Waals surface area contributed by atoms with E-state index in [1.807, 2.05) is 12.1 Å². The van der Waals surface area contributed by atoms with E-state index in [0.29, 0.717) is 6.04 Å². The summed E-state index contributed by atoms with van der Waals surface area (Å²) in [5, 5.41) is 3.55. The van der Waals surface area contributed by atoms with Gasteiger partial charge in [0.15, 0.2) is 0 Å². The predicted molar refractivity (Wildman–Crippen MR) is 79.4 cm³/mol. The number of methoxy groups -OCH3 is 1. The van der Waals surface area contributed by atoms with E-state index in [0.717, 1.165) is 12.3 Å². The summed E-state index contributed by atoms with van der Waals surface area (Å²) in [6.45, 7) is 5.21. The Morgan fingerprint density at radius 1 is 1.05 bits per heavy atom. The zero-order chi connectivity index (χ0) is 13.7. The molecule has 0 aliphatic rings. The van der Waals surface area contributed by atoms with Gasteiger partial charge in [-0.3, -0.25) is 0 Å². The Bertz CT molecular complexity index is 519. The lowest BCUT2D eigenvalue weighted by atomic mass is 10.0. The fourth-order valence-electron chi connectivity index (χ4n) is 2.20. The van der Waals surface area contributed by atoms with Gasteiger partial charge >= 0.3 is 0 Å². The van der Waals surface area contributed by atoms with Gasteiger partial charge < -0.3 is 10.1 Å². The maximum atomic E-state index is 5.16. The van der Waals surface area contributed by atoms with Crippen molar-refractivity contribution in [3.05, 3.63) is 65.2 Å². The molecule has 0 aliphatic carbocycles. The summed E-state index contributed by atoms with van der Waals surface area (Å²) in [7, 11) is 1.69. The second-order valence-corrected chi connectivity index (χ2v) is 4.81. The van der Waals surface area contributed by atoms with Gasteiger partial charge in [0.25, 0.3) is 0 Å². The highest BCUT2D eigenvalue weighted by molar-refractivity contribution is 5.29. The summed E-state index contributed by atoms with van der Waals surface area (Å²) in [6.07, 6.45) is 0. The van der Waals surface area contributed by atoms with Gasteiger partial charge in [0.05, 0.1) is 7.11 Å². The Morgan fingerprint density at radius 2 is 1.74 bits per heavy atom. The van der Waals surface area contributed by atoms with Gasteiger partial charge in [0.1, 0.15) is 5.75 Å². The average Bonchev–Trinajstić information content (AvgIpc) is 2.46. The van der Waals surface area contributed by atoms with Gasteiger partial charge in [0.2, 0.25) is 0 Å². The zero-order valence-electron chi connectivity index (χ0n) is 11.8. The monoisotopic (exact) mass is 255 g/mol. The summed E-state index contributed by atoms with van der Waals surface area (Å²) in [4.78, 5) is 0. The van der Waals surface area contributed by atoms with Crippen molar-refractivity contribution in [1.29, 1.82) is 0 Å². The molecule has 0 amide bonds. The van der Waals surface area contributed by atoms with Crippen molar-refractivity contribution in [2.45, 2.75) is 26.4 Å². The highest BCUT2D eigenvalue weighted by Gasteiger charge is 2.06. The molecule has 0 radical (unpaired) electrons. The van der Waals surface area contributed by atoms with Gasteiger partial charge in [-0.2, -0.15) is 0 Å². The fraction of sp³-hybridized carbons (Fsp3) is 0.294. The minimum absolute atomic E-state index is 0.350. The molecule has 2 aromatic rings. The molecule has 1 N–H and O–H groups in total. The number of hydrogen-bond acceptors (Lipinski definition) is 2. The molecule has 0 saturated carbocycles. The van der Waals surface area contributed by atoms with Crippen LogP contribution in [0.3, 0.4) is 0 Å². The molecule has 0 aliphatic heterocycles. The fourth-order valence-corrected chi connectivity index (χ4v) is 2.20. The van der Waals surface area contributed by atoms with E-state index >= 15 is 0 Å². The number of benzene rings is 2. The van der Waals surface area contributed by atoms with E-state index in [4.69, 9.17) is 4.74 Å². The number of aryl methyl sites for hydroxylation is 1. The molecule has 2 nitrogen and oxygen atoms in total. The standard InChI is InChI=1S/C17H21NO/c1-13-6-4-5-7-17(13)14(2)18-12-15-8-10-16(19-3)11-9-15/h4-11,14,18H,12H2,1-3H3/t14-/m1/s1. The molecule has 0 unspecified atom stereocenters. The maximum absolute atomic E-state index is 5.16. The molecular weight excluding hydrogens is 234 g/mol. The summed E-state index contributed by atoms with van der Waals surface area (Å²) in [5.41, 5.74) is 3.95. The molecule has 100 valence electrons. The minimum Gasteiger partial charge on any atom is -0.497 e. The summed E-state index contributed by atoms with van der Waals surface area (Å²) >= 11 is 0. The smallest absolute Gasteiger partial charge is 0.118 e. The van der Waals surface area contributed by atoms with E-state index in [9.17, 15) is 0 Å². The molecular formula is C17H21NO. The van der Waals surface area contributed by atoms with Crippen LogP contribution in [0.4, 0.5) is 0 Å². The van der Waals surface area contributed by atoms with Gasteiger partial charge in [-0.25, -0.2) is 0 Å².